The molecule has 7 nitrogen and oxygen atoms in total. The van der Waals surface area contributed by atoms with Crippen LogP contribution in [0.5, 0.6) is 0 Å². The van der Waals surface area contributed by atoms with Crippen molar-refractivity contribution in [2.45, 2.75) is 19.4 Å². The summed E-state index contributed by atoms with van der Waals surface area (Å²) in [5, 5.41) is 6.54. The number of ether oxygens (including phenoxy) is 1. The minimum Gasteiger partial charge on any atom is -0.469 e. The van der Waals surface area contributed by atoms with Crippen LogP contribution in [0.15, 0.2) is 70.4 Å². The Kier molecular flexibility index (Phi) is 7.35. The molecule has 0 atom stereocenters. The number of fused-ring (bicyclic) bond motifs is 1. The van der Waals surface area contributed by atoms with Gasteiger partial charge in [0.2, 0.25) is 0 Å². The quantitative estimate of drug-likeness (QED) is 0.238. The van der Waals surface area contributed by atoms with Crippen molar-refractivity contribution in [3.8, 4) is 0 Å². The average Bonchev–Trinajstić information content (AvgIpc) is 2.77. The highest BCUT2D eigenvalue weighted by molar-refractivity contribution is 6.05. The van der Waals surface area contributed by atoms with Gasteiger partial charge in [-0.15, -0.1) is 6.58 Å². The van der Waals surface area contributed by atoms with E-state index >= 15 is 0 Å². The number of nitrogens with one attached hydrogen (secondary N) is 2. The molecular weight excluding hydrogens is 396 g/mol. The van der Waals surface area contributed by atoms with Crippen molar-refractivity contribution in [2.24, 2.45) is 0 Å². The summed E-state index contributed by atoms with van der Waals surface area (Å²) in [6.07, 6.45) is 2.59. The lowest BCUT2D eigenvalue weighted by atomic mass is 10.1. The van der Waals surface area contributed by atoms with Gasteiger partial charge in [0.15, 0.2) is 0 Å². The fourth-order valence-electron chi connectivity index (χ4n) is 3.11. The van der Waals surface area contributed by atoms with Gasteiger partial charge in [0.25, 0.3) is 5.91 Å². The molecule has 7 heteroatoms. The van der Waals surface area contributed by atoms with Crippen molar-refractivity contribution in [3.63, 3.8) is 0 Å². The molecule has 0 fully saturated rings. The van der Waals surface area contributed by atoms with Crippen molar-refractivity contribution < 1.29 is 18.7 Å². The smallest absolute Gasteiger partial charge is 0.349 e. The topological polar surface area (TPSA) is 97.6 Å². The molecule has 0 radical (unpaired) electrons. The number of carbonyl (C=O) groups is 2. The number of hydrogen-bond acceptors (Lipinski definition) is 6. The minimum atomic E-state index is -0.687. The monoisotopic (exact) mass is 420 g/mol. The predicted molar refractivity (Wildman–Crippen MR) is 119 cm³/mol. The van der Waals surface area contributed by atoms with E-state index in [1.165, 1.54) is 7.11 Å². The maximum absolute atomic E-state index is 12.6. The van der Waals surface area contributed by atoms with Crippen molar-refractivity contribution in [2.75, 3.05) is 19.0 Å². The summed E-state index contributed by atoms with van der Waals surface area (Å²) in [5.41, 5.74) is 2.11. The molecular formula is C24H24N2O5. The third-order valence-electron chi connectivity index (χ3n) is 4.72. The van der Waals surface area contributed by atoms with Crippen LogP contribution in [0.25, 0.3) is 11.0 Å². The second kappa shape index (κ2) is 10.4. The van der Waals surface area contributed by atoms with Gasteiger partial charge in [-0.1, -0.05) is 36.4 Å². The molecule has 0 aliphatic carbocycles. The fraction of sp³-hybridized carbons (Fsp3) is 0.208. The van der Waals surface area contributed by atoms with E-state index < -0.39 is 11.5 Å². The van der Waals surface area contributed by atoms with Crippen molar-refractivity contribution in [1.82, 2.24) is 5.32 Å². The Hall–Kier alpha value is -3.71. The molecule has 0 aliphatic rings. The summed E-state index contributed by atoms with van der Waals surface area (Å²) in [7, 11) is 1.36. The van der Waals surface area contributed by atoms with E-state index in [9.17, 15) is 14.4 Å². The number of allylic oxidation sites excluding steroid dienone is 1. The summed E-state index contributed by atoms with van der Waals surface area (Å²) in [6, 6.07) is 14.3. The summed E-state index contributed by atoms with van der Waals surface area (Å²) < 4.78 is 10.0. The van der Waals surface area contributed by atoms with Crippen LogP contribution in [-0.4, -0.2) is 25.5 Å². The van der Waals surface area contributed by atoms with Crippen molar-refractivity contribution >= 4 is 28.5 Å². The van der Waals surface area contributed by atoms with Crippen molar-refractivity contribution in [1.29, 1.82) is 0 Å². The molecule has 0 saturated carbocycles. The van der Waals surface area contributed by atoms with E-state index in [-0.39, 0.29) is 11.5 Å². The lowest BCUT2D eigenvalue weighted by Gasteiger charge is -2.08. The largest absolute Gasteiger partial charge is 0.469 e. The molecule has 0 aliphatic heterocycles. The molecule has 1 heterocycles. The molecule has 160 valence electrons. The first-order chi connectivity index (χ1) is 15.0. The van der Waals surface area contributed by atoms with E-state index in [1.807, 2.05) is 24.3 Å². The predicted octanol–water partition coefficient (Wildman–Crippen LogP) is 3.43. The van der Waals surface area contributed by atoms with Crippen LogP contribution in [-0.2, 0) is 22.5 Å². The molecule has 2 N–H and O–H groups in total. The van der Waals surface area contributed by atoms with Gasteiger partial charge in [-0.2, -0.15) is 0 Å². The Morgan fingerprint density at radius 3 is 2.65 bits per heavy atom. The van der Waals surface area contributed by atoms with Crippen LogP contribution in [0.3, 0.4) is 0 Å². The summed E-state index contributed by atoms with van der Waals surface area (Å²) in [6.45, 7) is 4.80. The van der Waals surface area contributed by atoms with Gasteiger partial charge < -0.3 is 19.8 Å². The number of amides is 1. The Labute approximate surface area is 179 Å². The maximum Gasteiger partial charge on any atom is 0.349 e. The number of methoxy groups -OCH3 is 1. The van der Waals surface area contributed by atoms with Gasteiger partial charge in [0.1, 0.15) is 11.1 Å². The zero-order chi connectivity index (χ0) is 22.2. The summed E-state index contributed by atoms with van der Waals surface area (Å²) >= 11 is 0. The number of anilines is 1. The Morgan fingerprint density at radius 1 is 1.16 bits per heavy atom. The molecule has 1 amide bonds. The highest BCUT2D eigenvalue weighted by Crippen LogP contribution is 2.20. The van der Waals surface area contributed by atoms with Gasteiger partial charge in [-0.3, -0.25) is 9.59 Å². The van der Waals surface area contributed by atoms with Crippen LogP contribution in [0.4, 0.5) is 5.69 Å². The highest BCUT2D eigenvalue weighted by Gasteiger charge is 2.15. The molecule has 31 heavy (non-hydrogen) atoms. The second-order valence-electron chi connectivity index (χ2n) is 6.93. The molecule has 3 rings (SSSR count). The zero-order valence-electron chi connectivity index (χ0n) is 17.3. The molecule has 0 spiro atoms. The highest BCUT2D eigenvalue weighted by atomic mass is 16.5. The van der Waals surface area contributed by atoms with Crippen LogP contribution in [0, 0.1) is 0 Å². The number of hydrogen-bond donors (Lipinski definition) is 2. The number of para-hydroxylation sites is 1. The average molecular weight is 420 g/mol. The van der Waals surface area contributed by atoms with Gasteiger partial charge in [-0.25, -0.2) is 4.79 Å². The first-order valence-corrected chi connectivity index (χ1v) is 9.86. The third kappa shape index (κ3) is 5.67. The number of benzene rings is 2. The molecule has 2 aromatic carbocycles. The van der Waals surface area contributed by atoms with Crippen LogP contribution >= 0.6 is 0 Å². The minimum absolute atomic E-state index is 0.0585. The molecule has 3 aromatic rings. The number of esters is 1. The molecule has 0 unspecified atom stereocenters. The van der Waals surface area contributed by atoms with E-state index in [2.05, 4.69) is 21.9 Å². The van der Waals surface area contributed by atoms with Crippen LogP contribution in [0.1, 0.15) is 27.9 Å². The SMILES string of the molecule is C=CCc1cccc2cc(C(=O)Nc3ccc(CNCCC(=O)OC)cc3)c(=O)oc12. The van der Waals surface area contributed by atoms with E-state index in [1.54, 1.807) is 30.3 Å². The second-order valence-corrected chi connectivity index (χ2v) is 6.93. The Morgan fingerprint density at radius 2 is 1.94 bits per heavy atom. The van der Waals surface area contributed by atoms with Gasteiger partial charge >= 0.3 is 11.6 Å². The van der Waals surface area contributed by atoms with E-state index in [0.717, 1.165) is 11.1 Å². The van der Waals surface area contributed by atoms with E-state index in [4.69, 9.17) is 4.42 Å². The third-order valence-corrected chi connectivity index (χ3v) is 4.72. The van der Waals surface area contributed by atoms with Gasteiger partial charge in [0.05, 0.1) is 13.5 Å². The van der Waals surface area contributed by atoms with Crippen LogP contribution in [0.2, 0.25) is 0 Å². The standard InChI is InChI=1S/C24H24N2O5/c1-3-5-17-6-4-7-18-14-20(24(29)31-22(17)18)23(28)26-19-10-8-16(9-11-19)15-25-13-12-21(27)30-2/h3-4,6-11,14,25H,1,5,12-13,15H2,2H3,(H,26,28). The maximum atomic E-state index is 12.6. The number of carbonyl (C=O) groups excluding carboxylic acids is 2. The van der Waals surface area contributed by atoms with Crippen LogP contribution < -0.4 is 16.3 Å². The Bertz CT molecular complexity index is 1150. The van der Waals surface area contributed by atoms with Crippen molar-refractivity contribution in [3.05, 3.63) is 88.3 Å². The zero-order valence-corrected chi connectivity index (χ0v) is 17.3. The Balaban J connectivity index is 1.66. The van der Waals surface area contributed by atoms with E-state index in [0.29, 0.717) is 42.6 Å². The molecule has 1 aromatic heterocycles. The first-order valence-electron chi connectivity index (χ1n) is 9.86. The first kappa shape index (κ1) is 22.0. The van der Waals surface area contributed by atoms with Gasteiger partial charge in [-0.05, 0) is 35.7 Å². The summed E-state index contributed by atoms with van der Waals surface area (Å²) in [4.78, 5) is 36.1. The summed E-state index contributed by atoms with van der Waals surface area (Å²) in [5.74, 6) is -0.797. The lowest BCUT2D eigenvalue weighted by molar-refractivity contribution is -0.140. The van der Waals surface area contributed by atoms with Gasteiger partial charge in [0, 0.05) is 24.2 Å². The normalized spacial score (nSPS) is 10.6. The fourth-order valence-corrected chi connectivity index (χ4v) is 3.11. The lowest BCUT2D eigenvalue weighted by Crippen LogP contribution is -2.21. The molecule has 0 saturated heterocycles. The number of rotatable bonds is 9. The molecule has 0 bridgehead atoms.